The SMILES string of the molecule is Cc1cc(Br)cc2cc(C(O)C(C)(C)C)oc12. The van der Waals surface area contributed by atoms with Crippen LogP contribution in [0.15, 0.2) is 27.1 Å². The van der Waals surface area contributed by atoms with Gasteiger partial charge in [-0.05, 0) is 36.1 Å². The van der Waals surface area contributed by atoms with Crippen molar-refractivity contribution >= 4 is 26.9 Å². The lowest BCUT2D eigenvalue weighted by Crippen LogP contribution is -2.16. The molecule has 0 aliphatic carbocycles. The van der Waals surface area contributed by atoms with E-state index in [1.165, 1.54) is 0 Å². The molecular weight excluding hydrogens is 280 g/mol. The Morgan fingerprint density at radius 3 is 2.47 bits per heavy atom. The zero-order valence-electron chi connectivity index (χ0n) is 10.5. The van der Waals surface area contributed by atoms with E-state index in [2.05, 4.69) is 15.9 Å². The van der Waals surface area contributed by atoms with Crippen LogP contribution in [-0.4, -0.2) is 5.11 Å². The second kappa shape index (κ2) is 4.14. The van der Waals surface area contributed by atoms with Crippen LogP contribution >= 0.6 is 15.9 Å². The van der Waals surface area contributed by atoms with Crippen molar-refractivity contribution in [3.63, 3.8) is 0 Å². The van der Waals surface area contributed by atoms with Crippen LogP contribution < -0.4 is 0 Å². The van der Waals surface area contributed by atoms with Crippen molar-refractivity contribution < 1.29 is 9.52 Å². The molecule has 0 radical (unpaired) electrons. The third-order valence-corrected chi connectivity index (χ3v) is 3.33. The number of halogens is 1. The molecule has 2 aromatic rings. The van der Waals surface area contributed by atoms with Crippen LogP contribution in [0.5, 0.6) is 0 Å². The van der Waals surface area contributed by atoms with E-state index in [4.69, 9.17) is 4.42 Å². The van der Waals surface area contributed by atoms with E-state index in [1.54, 1.807) is 0 Å². The zero-order valence-corrected chi connectivity index (χ0v) is 12.1. The molecule has 1 unspecified atom stereocenters. The summed E-state index contributed by atoms with van der Waals surface area (Å²) in [7, 11) is 0. The minimum Gasteiger partial charge on any atom is -0.458 e. The summed E-state index contributed by atoms with van der Waals surface area (Å²) < 4.78 is 6.80. The summed E-state index contributed by atoms with van der Waals surface area (Å²) in [6.45, 7) is 7.98. The van der Waals surface area contributed by atoms with Gasteiger partial charge in [0.2, 0.25) is 0 Å². The standard InChI is InChI=1S/C14H17BrO2/c1-8-5-10(15)6-9-7-11(17-12(8)9)13(16)14(2,3)4/h5-7,13,16H,1-4H3. The molecule has 0 aliphatic rings. The van der Waals surface area contributed by atoms with Crippen molar-refractivity contribution in [3.8, 4) is 0 Å². The van der Waals surface area contributed by atoms with Crippen LogP contribution in [0.3, 0.4) is 0 Å². The lowest BCUT2D eigenvalue weighted by atomic mass is 9.88. The van der Waals surface area contributed by atoms with E-state index in [0.29, 0.717) is 5.76 Å². The van der Waals surface area contributed by atoms with Gasteiger partial charge in [-0.25, -0.2) is 0 Å². The molecule has 1 heterocycles. The Hall–Kier alpha value is -0.800. The molecule has 0 aliphatic heterocycles. The normalized spacial score (nSPS) is 14.2. The highest BCUT2D eigenvalue weighted by Gasteiger charge is 2.27. The van der Waals surface area contributed by atoms with E-state index in [1.807, 2.05) is 45.9 Å². The van der Waals surface area contributed by atoms with Crippen molar-refractivity contribution in [1.82, 2.24) is 0 Å². The van der Waals surface area contributed by atoms with Gasteiger partial charge in [0, 0.05) is 9.86 Å². The highest BCUT2D eigenvalue weighted by molar-refractivity contribution is 9.10. The number of fused-ring (bicyclic) bond motifs is 1. The second-order valence-electron chi connectivity index (χ2n) is 5.56. The third-order valence-electron chi connectivity index (χ3n) is 2.88. The molecule has 1 N–H and O–H groups in total. The van der Waals surface area contributed by atoms with Gasteiger partial charge in [-0.15, -0.1) is 0 Å². The lowest BCUT2D eigenvalue weighted by Gasteiger charge is -2.23. The van der Waals surface area contributed by atoms with Gasteiger partial charge < -0.3 is 9.52 Å². The Bertz CT molecular complexity index is 549. The van der Waals surface area contributed by atoms with Gasteiger partial charge in [-0.1, -0.05) is 36.7 Å². The second-order valence-corrected chi connectivity index (χ2v) is 6.47. The molecule has 17 heavy (non-hydrogen) atoms. The minimum absolute atomic E-state index is 0.223. The molecule has 2 rings (SSSR count). The van der Waals surface area contributed by atoms with Crippen molar-refractivity contribution in [2.45, 2.75) is 33.8 Å². The average molecular weight is 297 g/mol. The largest absolute Gasteiger partial charge is 0.458 e. The van der Waals surface area contributed by atoms with Gasteiger partial charge >= 0.3 is 0 Å². The first-order chi connectivity index (χ1) is 7.79. The number of hydrogen-bond acceptors (Lipinski definition) is 2. The van der Waals surface area contributed by atoms with Crippen molar-refractivity contribution in [1.29, 1.82) is 0 Å². The Kier molecular flexibility index (Phi) is 3.08. The summed E-state index contributed by atoms with van der Waals surface area (Å²) in [6.07, 6.45) is -0.590. The van der Waals surface area contributed by atoms with Gasteiger partial charge in [0.25, 0.3) is 0 Å². The minimum atomic E-state index is -0.590. The molecule has 0 bridgehead atoms. The van der Waals surface area contributed by atoms with E-state index < -0.39 is 6.10 Å². The lowest BCUT2D eigenvalue weighted by molar-refractivity contribution is 0.0448. The van der Waals surface area contributed by atoms with E-state index in [-0.39, 0.29) is 5.41 Å². The first-order valence-corrected chi connectivity index (χ1v) is 6.46. The van der Waals surface area contributed by atoms with Crippen LogP contribution in [0.1, 0.15) is 38.2 Å². The molecule has 0 spiro atoms. The molecule has 1 aromatic carbocycles. The Balaban J connectivity index is 2.56. The van der Waals surface area contributed by atoms with Crippen molar-refractivity contribution in [2.75, 3.05) is 0 Å². The average Bonchev–Trinajstić information content (AvgIpc) is 2.58. The zero-order chi connectivity index (χ0) is 12.8. The molecule has 0 amide bonds. The molecule has 92 valence electrons. The van der Waals surface area contributed by atoms with Crippen LogP contribution in [0.2, 0.25) is 0 Å². The summed E-state index contributed by atoms with van der Waals surface area (Å²) in [5.74, 6) is 0.633. The van der Waals surface area contributed by atoms with Gasteiger partial charge in [-0.2, -0.15) is 0 Å². The monoisotopic (exact) mass is 296 g/mol. The number of aliphatic hydroxyl groups is 1. The predicted molar refractivity (Wildman–Crippen MR) is 73.1 cm³/mol. The van der Waals surface area contributed by atoms with Crippen molar-refractivity contribution in [3.05, 3.63) is 34.0 Å². The molecule has 2 nitrogen and oxygen atoms in total. The van der Waals surface area contributed by atoms with Gasteiger partial charge in [-0.3, -0.25) is 0 Å². The van der Waals surface area contributed by atoms with Crippen LogP contribution in [0, 0.1) is 12.3 Å². The summed E-state index contributed by atoms with van der Waals surface area (Å²) in [6, 6.07) is 5.94. The van der Waals surface area contributed by atoms with E-state index in [0.717, 1.165) is 21.0 Å². The Morgan fingerprint density at radius 1 is 1.24 bits per heavy atom. The fourth-order valence-electron chi connectivity index (χ4n) is 1.86. The quantitative estimate of drug-likeness (QED) is 0.835. The first kappa shape index (κ1) is 12.7. The Morgan fingerprint density at radius 2 is 1.88 bits per heavy atom. The first-order valence-electron chi connectivity index (χ1n) is 5.66. The van der Waals surface area contributed by atoms with Crippen molar-refractivity contribution in [2.24, 2.45) is 5.41 Å². The topological polar surface area (TPSA) is 33.4 Å². The summed E-state index contributed by atoms with van der Waals surface area (Å²) in [5.41, 5.74) is 1.70. The fraction of sp³-hybridized carbons (Fsp3) is 0.429. The third kappa shape index (κ3) is 2.40. The highest BCUT2D eigenvalue weighted by Crippen LogP contribution is 2.36. The molecule has 0 saturated heterocycles. The maximum atomic E-state index is 10.2. The molecule has 3 heteroatoms. The molecule has 0 fully saturated rings. The summed E-state index contributed by atoms with van der Waals surface area (Å²) in [4.78, 5) is 0. The van der Waals surface area contributed by atoms with E-state index in [9.17, 15) is 5.11 Å². The van der Waals surface area contributed by atoms with E-state index >= 15 is 0 Å². The van der Waals surface area contributed by atoms with Gasteiger partial charge in [0.05, 0.1) is 0 Å². The number of benzene rings is 1. The maximum absolute atomic E-state index is 10.2. The van der Waals surface area contributed by atoms with Gasteiger partial charge in [0.15, 0.2) is 0 Å². The van der Waals surface area contributed by atoms with Crippen LogP contribution in [0.4, 0.5) is 0 Å². The number of rotatable bonds is 1. The Labute approximate surface area is 110 Å². The smallest absolute Gasteiger partial charge is 0.137 e. The summed E-state index contributed by atoms with van der Waals surface area (Å²) >= 11 is 3.46. The molecule has 1 atom stereocenters. The van der Waals surface area contributed by atoms with Crippen LogP contribution in [0.25, 0.3) is 11.0 Å². The molecular formula is C14H17BrO2. The van der Waals surface area contributed by atoms with Gasteiger partial charge in [0.1, 0.15) is 17.4 Å². The number of aryl methyl sites for hydroxylation is 1. The fourth-order valence-corrected chi connectivity index (χ4v) is 2.45. The molecule has 0 saturated carbocycles. The highest BCUT2D eigenvalue weighted by atomic mass is 79.9. The van der Waals surface area contributed by atoms with Crippen LogP contribution in [-0.2, 0) is 0 Å². The predicted octanol–water partition coefficient (Wildman–Crippen LogP) is 4.58. The number of furan rings is 1. The molecule has 1 aromatic heterocycles. The summed E-state index contributed by atoms with van der Waals surface area (Å²) in [5, 5.41) is 11.2. The maximum Gasteiger partial charge on any atom is 0.137 e. The number of hydrogen-bond donors (Lipinski definition) is 1. The number of aliphatic hydroxyl groups excluding tert-OH is 1.